The van der Waals surface area contributed by atoms with Gasteiger partial charge in [0.15, 0.2) is 9.84 Å². The van der Waals surface area contributed by atoms with E-state index in [1.165, 1.54) is 16.7 Å². The number of sulfone groups is 1. The Balaban J connectivity index is 1.57. The first-order chi connectivity index (χ1) is 16.8. The third kappa shape index (κ3) is 4.65. The fourth-order valence-corrected chi connectivity index (χ4v) is 7.45. The lowest BCUT2D eigenvalue weighted by molar-refractivity contribution is -0.123. The number of thioether (sulfide) groups is 1. The Kier molecular flexibility index (Phi) is 6.29. The van der Waals surface area contributed by atoms with E-state index in [1.807, 2.05) is 61.7 Å². The maximum Gasteiger partial charge on any atom is 0.266 e. The first-order valence-corrected chi connectivity index (χ1v) is 14.1. The molecule has 1 unspecified atom stereocenters. The van der Waals surface area contributed by atoms with Crippen LogP contribution in [0.1, 0.15) is 17.5 Å². The summed E-state index contributed by atoms with van der Waals surface area (Å²) in [7, 11) is -1.52. The van der Waals surface area contributed by atoms with Crippen LogP contribution in [0.3, 0.4) is 0 Å². The molecule has 0 radical (unpaired) electrons. The maximum absolute atomic E-state index is 13.3. The number of ether oxygens (including phenoxy) is 1. The van der Waals surface area contributed by atoms with E-state index in [2.05, 4.69) is 0 Å². The highest BCUT2D eigenvalue weighted by Crippen LogP contribution is 2.38. The number of carbonyl (C=O) groups excluding carboxylic acids is 1. The van der Waals surface area contributed by atoms with Crippen molar-refractivity contribution in [2.45, 2.75) is 19.4 Å². The second-order valence-corrected chi connectivity index (χ2v) is 12.4. The van der Waals surface area contributed by atoms with Gasteiger partial charge in [-0.2, -0.15) is 5.10 Å². The smallest absolute Gasteiger partial charge is 0.266 e. The van der Waals surface area contributed by atoms with Crippen molar-refractivity contribution in [1.29, 1.82) is 0 Å². The lowest BCUT2D eigenvalue weighted by atomic mass is 10.0. The van der Waals surface area contributed by atoms with Gasteiger partial charge >= 0.3 is 0 Å². The van der Waals surface area contributed by atoms with Gasteiger partial charge in [-0.25, -0.2) is 13.1 Å². The summed E-state index contributed by atoms with van der Waals surface area (Å²) in [5.74, 6) is 0.530. The Bertz CT molecular complexity index is 1460. The summed E-state index contributed by atoms with van der Waals surface area (Å²) in [5.41, 5.74) is 4.29. The summed E-state index contributed by atoms with van der Waals surface area (Å²) >= 11 is 6.68. The van der Waals surface area contributed by atoms with E-state index in [0.717, 1.165) is 33.8 Å². The molecule has 0 saturated carbocycles. The molecule has 1 atom stereocenters. The van der Waals surface area contributed by atoms with E-state index >= 15 is 0 Å². The molecule has 0 aliphatic carbocycles. The molecule has 0 N–H and O–H groups in total. The molecule has 3 heterocycles. The summed E-state index contributed by atoms with van der Waals surface area (Å²) in [6, 6.07) is 15.1. The van der Waals surface area contributed by atoms with Crippen LogP contribution in [0, 0.1) is 6.92 Å². The van der Waals surface area contributed by atoms with Crippen LogP contribution in [-0.2, 0) is 14.6 Å². The number of amides is 1. The zero-order chi connectivity index (χ0) is 24.7. The molecule has 180 valence electrons. The van der Waals surface area contributed by atoms with Crippen LogP contribution in [0.2, 0.25) is 0 Å². The fraction of sp³-hybridized carbons (Fsp3) is 0.240. The molecule has 0 spiro atoms. The van der Waals surface area contributed by atoms with Gasteiger partial charge in [0.2, 0.25) is 0 Å². The van der Waals surface area contributed by atoms with Crippen molar-refractivity contribution in [3.05, 3.63) is 70.8 Å². The Labute approximate surface area is 213 Å². The number of hydrogen-bond acceptors (Lipinski definition) is 7. The van der Waals surface area contributed by atoms with E-state index in [4.69, 9.17) is 22.1 Å². The first kappa shape index (κ1) is 23.8. The van der Waals surface area contributed by atoms with Crippen molar-refractivity contribution < 1.29 is 17.9 Å². The van der Waals surface area contributed by atoms with E-state index < -0.39 is 15.9 Å². The van der Waals surface area contributed by atoms with Crippen molar-refractivity contribution in [1.82, 2.24) is 14.7 Å². The number of aromatic nitrogens is 2. The Morgan fingerprint density at radius 3 is 2.63 bits per heavy atom. The van der Waals surface area contributed by atoms with Crippen LogP contribution in [0.25, 0.3) is 23.0 Å². The summed E-state index contributed by atoms with van der Waals surface area (Å²) in [5, 5.41) is 4.85. The van der Waals surface area contributed by atoms with Crippen LogP contribution >= 0.6 is 24.0 Å². The molecule has 10 heteroatoms. The second-order valence-electron chi connectivity index (χ2n) is 8.50. The number of benzene rings is 2. The quantitative estimate of drug-likeness (QED) is 0.364. The predicted octanol–water partition coefficient (Wildman–Crippen LogP) is 4.24. The zero-order valence-electron chi connectivity index (χ0n) is 19.2. The minimum atomic E-state index is -3.14. The maximum atomic E-state index is 13.3. The van der Waals surface area contributed by atoms with Crippen LogP contribution < -0.4 is 4.74 Å². The van der Waals surface area contributed by atoms with Crippen molar-refractivity contribution in [2.24, 2.45) is 0 Å². The SMILES string of the molecule is COc1ccc(-c2nn(-c3ccccc3)cc2/C=C2\SC(=S)N(C3CCS(=O)(=O)C3)C2=O)c(C)c1. The Morgan fingerprint density at radius 2 is 1.97 bits per heavy atom. The normalized spacial score (nSPS) is 20.7. The van der Waals surface area contributed by atoms with Crippen LogP contribution in [0.5, 0.6) is 5.75 Å². The average molecular weight is 526 g/mol. The molecule has 5 rings (SSSR count). The van der Waals surface area contributed by atoms with Gasteiger partial charge in [-0.05, 0) is 55.3 Å². The van der Waals surface area contributed by atoms with Crippen molar-refractivity contribution >= 4 is 50.1 Å². The number of carbonyl (C=O) groups is 1. The van der Waals surface area contributed by atoms with Crippen LogP contribution in [-0.4, -0.2) is 58.0 Å². The summed E-state index contributed by atoms with van der Waals surface area (Å²) in [6.07, 6.45) is 4.10. The van der Waals surface area contributed by atoms with Gasteiger partial charge in [0, 0.05) is 17.3 Å². The molecule has 0 bridgehead atoms. The molecule has 1 amide bonds. The third-order valence-electron chi connectivity index (χ3n) is 6.14. The highest BCUT2D eigenvalue weighted by atomic mass is 32.2. The zero-order valence-corrected chi connectivity index (χ0v) is 21.6. The van der Waals surface area contributed by atoms with E-state index in [-0.39, 0.29) is 17.4 Å². The number of thiocarbonyl (C=S) groups is 1. The van der Waals surface area contributed by atoms with Crippen molar-refractivity contribution in [3.63, 3.8) is 0 Å². The van der Waals surface area contributed by atoms with E-state index in [9.17, 15) is 13.2 Å². The number of aryl methyl sites for hydroxylation is 1. The molecule has 35 heavy (non-hydrogen) atoms. The molecule has 2 aliphatic heterocycles. The molecule has 2 fully saturated rings. The molecular weight excluding hydrogens is 502 g/mol. The van der Waals surface area contributed by atoms with Crippen LogP contribution in [0.4, 0.5) is 0 Å². The fourth-order valence-electron chi connectivity index (χ4n) is 4.36. The summed E-state index contributed by atoms with van der Waals surface area (Å²) in [4.78, 5) is 15.2. The summed E-state index contributed by atoms with van der Waals surface area (Å²) in [6.45, 7) is 1.99. The Hall–Kier alpha value is -2.95. The van der Waals surface area contributed by atoms with E-state index in [0.29, 0.717) is 15.6 Å². The first-order valence-electron chi connectivity index (χ1n) is 11.0. The minimum absolute atomic E-state index is 0.0467. The van der Waals surface area contributed by atoms with Crippen LogP contribution in [0.15, 0.2) is 59.6 Å². The molecule has 7 nitrogen and oxygen atoms in total. The monoisotopic (exact) mass is 525 g/mol. The lowest BCUT2D eigenvalue weighted by Crippen LogP contribution is -2.39. The standard InChI is InChI=1S/C25H23N3O4S3/c1-16-12-20(32-2)8-9-21(16)23-17(14-27(26-23)18-6-4-3-5-7-18)13-22-24(29)28(25(33)34-22)19-10-11-35(30,31)15-19/h3-9,12-14,19H,10-11,15H2,1-2H3/b22-13-. The van der Waals surface area contributed by atoms with Gasteiger partial charge in [-0.15, -0.1) is 0 Å². The molecule has 3 aromatic rings. The number of methoxy groups -OCH3 is 1. The summed E-state index contributed by atoms with van der Waals surface area (Å²) < 4.78 is 31.5. The van der Waals surface area contributed by atoms with Crippen molar-refractivity contribution in [2.75, 3.05) is 18.6 Å². The van der Waals surface area contributed by atoms with Gasteiger partial charge < -0.3 is 4.74 Å². The molecule has 2 aliphatic rings. The molecule has 1 aromatic heterocycles. The largest absolute Gasteiger partial charge is 0.497 e. The minimum Gasteiger partial charge on any atom is -0.497 e. The Morgan fingerprint density at radius 1 is 1.20 bits per heavy atom. The van der Waals surface area contributed by atoms with Gasteiger partial charge in [-0.1, -0.05) is 42.2 Å². The number of nitrogens with zero attached hydrogens (tertiary/aromatic N) is 3. The van der Waals surface area contributed by atoms with Gasteiger partial charge in [0.25, 0.3) is 5.91 Å². The average Bonchev–Trinajstić information content (AvgIpc) is 3.49. The topological polar surface area (TPSA) is 81.5 Å². The predicted molar refractivity (Wildman–Crippen MR) is 142 cm³/mol. The van der Waals surface area contributed by atoms with E-state index in [1.54, 1.807) is 17.9 Å². The number of rotatable bonds is 5. The lowest BCUT2D eigenvalue weighted by Gasteiger charge is -2.20. The molecule has 2 saturated heterocycles. The second kappa shape index (κ2) is 9.25. The third-order valence-corrected chi connectivity index (χ3v) is 9.22. The molecule has 2 aromatic carbocycles. The number of para-hydroxylation sites is 1. The molecular formula is C25H23N3O4S3. The number of hydrogen-bond donors (Lipinski definition) is 0. The van der Waals surface area contributed by atoms with Gasteiger partial charge in [0.05, 0.1) is 35.2 Å². The highest BCUT2D eigenvalue weighted by molar-refractivity contribution is 8.26. The van der Waals surface area contributed by atoms with Gasteiger partial charge in [0.1, 0.15) is 15.8 Å². The van der Waals surface area contributed by atoms with Gasteiger partial charge in [-0.3, -0.25) is 9.69 Å². The highest BCUT2D eigenvalue weighted by Gasteiger charge is 2.42. The van der Waals surface area contributed by atoms with Crippen molar-refractivity contribution in [3.8, 4) is 22.7 Å².